The van der Waals surface area contributed by atoms with Crippen molar-refractivity contribution < 1.29 is 22.3 Å². The van der Waals surface area contributed by atoms with E-state index in [1.807, 2.05) is 0 Å². The minimum absolute atomic E-state index is 0.508. The van der Waals surface area contributed by atoms with Crippen molar-refractivity contribution in [2.45, 2.75) is 90.6 Å². The summed E-state index contributed by atoms with van der Waals surface area (Å²) in [5.41, 5.74) is 0.508. The number of hydrogen-bond donors (Lipinski definition) is 0. The molecule has 1 aromatic carbocycles. The Morgan fingerprint density at radius 2 is 1.52 bits per heavy atom. The Morgan fingerprint density at radius 1 is 0.935 bits per heavy atom. The Hall–Kier alpha value is -1.52. The maximum Gasteiger partial charge on any atom is 0.387 e. The van der Waals surface area contributed by atoms with Gasteiger partial charge in [-0.1, -0.05) is 38.3 Å². The number of ether oxygens (including phenoxy) is 1. The van der Waals surface area contributed by atoms with Gasteiger partial charge < -0.3 is 4.74 Å². The normalized spacial score (nSPS) is 27.2. The van der Waals surface area contributed by atoms with Crippen LogP contribution in [0.25, 0.3) is 0 Å². The first kappa shape index (κ1) is 24.1. The molecule has 0 amide bonds. The first-order chi connectivity index (χ1) is 15.0. The van der Waals surface area contributed by atoms with Crippen molar-refractivity contribution in [2.75, 3.05) is 0 Å². The van der Waals surface area contributed by atoms with E-state index in [1.54, 1.807) is 0 Å². The highest BCUT2D eigenvalue weighted by molar-refractivity contribution is 5.31. The molecule has 2 fully saturated rings. The Morgan fingerprint density at radius 3 is 2.06 bits per heavy atom. The number of halogens is 4. The first-order valence-electron chi connectivity index (χ1n) is 12.1. The van der Waals surface area contributed by atoms with E-state index in [0.717, 1.165) is 36.3 Å². The van der Waals surface area contributed by atoms with Gasteiger partial charge in [0.1, 0.15) is 0 Å². The number of rotatable bonds is 9. The molecule has 0 N–H and O–H groups in total. The van der Waals surface area contributed by atoms with Gasteiger partial charge in [-0.2, -0.15) is 8.78 Å². The molecule has 2 aliphatic carbocycles. The summed E-state index contributed by atoms with van der Waals surface area (Å²) in [6.07, 6.45) is 18.9. The third-order valence-electron chi connectivity index (χ3n) is 7.34. The summed E-state index contributed by atoms with van der Waals surface area (Å²) in [4.78, 5) is 0. The summed E-state index contributed by atoms with van der Waals surface area (Å²) in [7, 11) is 0. The van der Waals surface area contributed by atoms with E-state index in [-0.39, 0.29) is 0 Å². The maximum atomic E-state index is 13.9. The second-order valence-corrected chi connectivity index (χ2v) is 9.48. The molecular formula is C26H36F4O. The number of unbranched alkanes of at least 4 members (excludes halogenated alkanes) is 1. The Balaban J connectivity index is 1.40. The van der Waals surface area contributed by atoms with Crippen LogP contribution < -0.4 is 4.74 Å². The number of benzene rings is 1. The fraction of sp³-hybridized carbons (Fsp3) is 0.692. The molecule has 0 radical (unpaired) electrons. The SMILES string of the molecule is CCC/C=C/C1CCC(C2CCC(CCc3cc(F)c(OC(F)F)c(F)c3)CC2)CC1. The van der Waals surface area contributed by atoms with Gasteiger partial charge in [0.15, 0.2) is 17.4 Å². The van der Waals surface area contributed by atoms with E-state index in [1.165, 1.54) is 64.2 Å². The Labute approximate surface area is 184 Å². The monoisotopic (exact) mass is 440 g/mol. The topological polar surface area (TPSA) is 9.23 Å². The molecule has 0 atom stereocenters. The smallest absolute Gasteiger partial charge is 0.387 e. The van der Waals surface area contributed by atoms with E-state index in [9.17, 15) is 17.6 Å². The van der Waals surface area contributed by atoms with E-state index < -0.39 is 24.0 Å². The zero-order valence-electron chi connectivity index (χ0n) is 18.6. The second-order valence-electron chi connectivity index (χ2n) is 9.48. The molecule has 0 aromatic heterocycles. The van der Waals surface area contributed by atoms with Crippen LogP contribution >= 0.6 is 0 Å². The van der Waals surface area contributed by atoms with E-state index in [4.69, 9.17) is 0 Å². The van der Waals surface area contributed by atoms with E-state index >= 15 is 0 Å². The first-order valence-corrected chi connectivity index (χ1v) is 12.1. The van der Waals surface area contributed by atoms with Gasteiger partial charge in [-0.15, -0.1) is 0 Å². The minimum atomic E-state index is -3.24. The van der Waals surface area contributed by atoms with Gasteiger partial charge in [0.05, 0.1) is 0 Å². The third-order valence-corrected chi connectivity index (χ3v) is 7.34. The third kappa shape index (κ3) is 7.25. The van der Waals surface area contributed by atoms with Crippen LogP contribution in [0.4, 0.5) is 17.6 Å². The van der Waals surface area contributed by atoms with Gasteiger partial charge in [-0.25, -0.2) is 8.78 Å². The zero-order valence-corrected chi connectivity index (χ0v) is 18.6. The maximum absolute atomic E-state index is 13.9. The highest BCUT2D eigenvalue weighted by Crippen LogP contribution is 2.42. The molecule has 2 saturated carbocycles. The predicted molar refractivity (Wildman–Crippen MR) is 116 cm³/mol. The summed E-state index contributed by atoms with van der Waals surface area (Å²) >= 11 is 0. The van der Waals surface area contributed by atoms with Crippen LogP contribution in [0.2, 0.25) is 0 Å². The van der Waals surface area contributed by atoms with Crippen LogP contribution in [0.5, 0.6) is 5.75 Å². The van der Waals surface area contributed by atoms with Crippen LogP contribution in [0.3, 0.4) is 0 Å². The van der Waals surface area contributed by atoms with Gasteiger partial charge in [0, 0.05) is 0 Å². The van der Waals surface area contributed by atoms with Crippen molar-refractivity contribution in [3.63, 3.8) is 0 Å². The minimum Gasteiger partial charge on any atom is -0.429 e. The summed E-state index contributed by atoms with van der Waals surface area (Å²) in [5, 5.41) is 0. The molecule has 3 rings (SSSR count). The van der Waals surface area contributed by atoms with Gasteiger partial charge in [0.25, 0.3) is 0 Å². The van der Waals surface area contributed by atoms with E-state index in [0.29, 0.717) is 17.9 Å². The number of aryl methyl sites for hydroxylation is 1. The Bertz CT molecular complexity index is 678. The van der Waals surface area contributed by atoms with Crippen molar-refractivity contribution in [3.8, 4) is 5.75 Å². The van der Waals surface area contributed by atoms with Gasteiger partial charge in [-0.05, 0) is 99.2 Å². The average Bonchev–Trinajstić information content (AvgIpc) is 2.76. The zero-order chi connectivity index (χ0) is 22.2. The molecule has 5 heteroatoms. The molecule has 0 unspecified atom stereocenters. The van der Waals surface area contributed by atoms with Crippen molar-refractivity contribution in [1.82, 2.24) is 0 Å². The molecule has 0 heterocycles. The highest BCUT2D eigenvalue weighted by atomic mass is 19.3. The standard InChI is InChI=1S/C26H36F4O/c1-2-3-4-5-18-8-12-21(13-9-18)22-14-10-19(11-15-22)6-7-20-16-23(27)25(24(28)17-20)31-26(29)30/h4-5,16-19,21-22,26H,2-3,6-15H2,1H3/b5-4+. The summed E-state index contributed by atoms with van der Waals surface area (Å²) < 4.78 is 56.3. The molecule has 31 heavy (non-hydrogen) atoms. The molecule has 2 aliphatic rings. The molecule has 174 valence electrons. The largest absolute Gasteiger partial charge is 0.429 e. The molecule has 0 bridgehead atoms. The van der Waals surface area contributed by atoms with Gasteiger partial charge in [0.2, 0.25) is 0 Å². The quantitative estimate of drug-likeness (QED) is 0.276. The molecule has 1 aromatic rings. The second kappa shape index (κ2) is 11.9. The van der Waals surface area contributed by atoms with Gasteiger partial charge in [-0.3, -0.25) is 0 Å². The van der Waals surface area contributed by atoms with Crippen LogP contribution in [0.1, 0.15) is 83.1 Å². The van der Waals surface area contributed by atoms with E-state index in [2.05, 4.69) is 23.8 Å². The van der Waals surface area contributed by atoms with Crippen molar-refractivity contribution in [1.29, 1.82) is 0 Å². The highest BCUT2D eigenvalue weighted by Gasteiger charge is 2.30. The van der Waals surface area contributed by atoms with Crippen LogP contribution in [0.15, 0.2) is 24.3 Å². The van der Waals surface area contributed by atoms with Crippen LogP contribution in [-0.2, 0) is 6.42 Å². The summed E-state index contributed by atoms with van der Waals surface area (Å²) in [5.74, 6) is -0.0574. The van der Waals surface area contributed by atoms with Crippen molar-refractivity contribution >= 4 is 0 Å². The number of alkyl halides is 2. The fourth-order valence-corrected chi connectivity index (χ4v) is 5.54. The van der Waals surface area contributed by atoms with Crippen molar-refractivity contribution in [3.05, 3.63) is 41.5 Å². The van der Waals surface area contributed by atoms with Gasteiger partial charge >= 0.3 is 6.61 Å². The molecule has 0 saturated heterocycles. The van der Waals surface area contributed by atoms with Crippen LogP contribution in [0, 0.1) is 35.3 Å². The lowest BCUT2D eigenvalue weighted by molar-refractivity contribution is -0.0546. The predicted octanol–water partition coefficient (Wildman–Crippen LogP) is 8.47. The Kier molecular flexibility index (Phi) is 9.28. The summed E-state index contributed by atoms with van der Waals surface area (Å²) in [6, 6.07) is 2.25. The summed E-state index contributed by atoms with van der Waals surface area (Å²) in [6.45, 7) is -1.02. The fourth-order valence-electron chi connectivity index (χ4n) is 5.54. The molecule has 1 nitrogen and oxygen atoms in total. The lowest BCUT2D eigenvalue weighted by Gasteiger charge is -2.37. The van der Waals surface area contributed by atoms with Crippen molar-refractivity contribution in [2.24, 2.45) is 23.7 Å². The molecular weight excluding hydrogens is 404 g/mol. The molecule has 0 aliphatic heterocycles. The average molecular weight is 441 g/mol. The van der Waals surface area contributed by atoms with Crippen LogP contribution in [-0.4, -0.2) is 6.61 Å². The number of allylic oxidation sites excluding steroid dienone is 2. The molecule has 0 spiro atoms. The lowest BCUT2D eigenvalue weighted by Crippen LogP contribution is -2.25. The number of hydrogen-bond acceptors (Lipinski definition) is 1. The lowest BCUT2D eigenvalue weighted by atomic mass is 9.68.